The lowest BCUT2D eigenvalue weighted by Crippen LogP contribution is -2.43. The minimum absolute atomic E-state index is 0.0185. The van der Waals surface area contributed by atoms with Gasteiger partial charge in [-0.1, -0.05) is 0 Å². The highest BCUT2D eigenvalue weighted by Crippen LogP contribution is 2.25. The predicted octanol–water partition coefficient (Wildman–Crippen LogP) is 1.16. The third-order valence-electron chi connectivity index (χ3n) is 4.46. The molecular weight excluding hydrogens is 354 g/mol. The average molecular weight is 384 g/mol. The van der Waals surface area contributed by atoms with Gasteiger partial charge in [0.05, 0.1) is 11.5 Å². The summed E-state index contributed by atoms with van der Waals surface area (Å²) < 4.78 is 32.3. The van der Waals surface area contributed by atoms with Crippen LogP contribution < -0.4 is 10.1 Å². The van der Waals surface area contributed by atoms with E-state index in [-0.39, 0.29) is 16.7 Å². The number of hydrogen-bond donors (Lipinski definition) is 1. The zero-order valence-corrected chi connectivity index (χ0v) is 16.6. The number of nitrogens with zero attached hydrogens (tertiary/aromatic N) is 2. The lowest BCUT2D eigenvalue weighted by molar-refractivity contribution is -0.126. The Morgan fingerprint density at radius 2 is 1.85 bits per heavy atom. The molecule has 0 aromatic heterocycles. The van der Waals surface area contributed by atoms with E-state index in [1.54, 1.807) is 24.3 Å². The number of benzene rings is 1. The van der Waals surface area contributed by atoms with E-state index < -0.39 is 10.0 Å². The van der Waals surface area contributed by atoms with Crippen molar-refractivity contribution < 1.29 is 17.9 Å². The van der Waals surface area contributed by atoms with Crippen molar-refractivity contribution in [3.8, 4) is 5.75 Å². The quantitative estimate of drug-likeness (QED) is 0.729. The first kappa shape index (κ1) is 20.7. The van der Waals surface area contributed by atoms with Crippen LogP contribution in [0.3, 0.4) is 0 Å². The molecule has 146 valence electrons. The second kappa shape index (κ2) is 9.34. The molecule has 1 amide bonds. The lowest BCUT2D eigenvalue weighted by Gasteiger charge is -2.30. The first-order valence-electron chi connectivity index (χ1n) is 9.00. The maximum atomic E-state index is 12.8. The molecule has 1 heterocycles. The summed E-state index contributed by atoms with van der Waals surface area (Å²) in [5, 5.41) is 2.92. The number of likely N-dealkylation sites (N-methyl/N-ethyl adjacent to an activating group) is 1. The summed E-state index contributed by atoms with van der Waals surface area (Å²) in [6.07, 6.45) is 1.09. The summed E-state index contributed by atoms with van der Waals surface area (Å²) in [7, 11) is 0.378. The van der Waals surface area contributed by atoms with E-state index in [0.29, 0.717) is 44.8 Å². The predicted molar refractivity (Wildman–Crippen MR) is 101 cm³/mol. The zero-order valence-electron chi connectivity index (χ0n) is 15.8. The monoisotopic (exact) mass is 383 g/mol. The Morgan fingerprint density at radius 1 is 1.23 bits per heavy atom. The topological polar surface area (TPSA) is 79.0 Å². The molecule has 0 saturated carbocycles. The fourth-order valence-corrected chi connectivity index (χ4v) is 4.40. The van der Waals surface area contributed by atoms with Gasteiger partial charge in [-0.2, -0.15) is 4.31 Å². The first-order chi connectivity index (χ1) is 12.3. The van der Waals surface area contributed by atoms with Crippen LogP contribution in [0.5, 0.6) is 5.75 Å². The van der Waals surface area contributed by atoms with Gasteiger partial charge in [0, 0.05) is 32.1 Å². The second-order valence-electron chi connectivity index (χ2n) is 6.68. The summed E-state index contributed by atoms with van der Waals surface area (Å²) in [6, 6.07) is 6.48. The maximum Gasteiger partial charge on any atom is 0.243 e. The van der Waals surface area contributed by atoms with Gasteiger partial charge in [-0.3, -0.25) is 4.79 Å². The molecule has 0 unspecified atom stereocenters. The van der Waals surface area contributed by atoms with Crippen molar-refractivity contribution in [1.29, 1.82) is 0 Å². The van der Waals surface area contributed by atoms with E-state index in [2.05, 4.69) is 5.32 Å². The standard InChI is InChI=1S/C18H29N3O4S/c1-4-25-16-5-7-17(8-6-16)26(23,24)21-12-9-15(10-13-21)18(22)19-11-14-20(2)3/h5-8,15H,4,9-14H2,1-3H3,(H,19,22). The van der Waals surface area contributed by atoms with Crippen molar-refractivity contribution in [3.05, 3.63) is 24.3 Å². The van der Waals surface area contributed by atoms with Gasteiger partial charge in [0.2, 0.25) is 15.9 Å². The summed E-state index contributed by atoms with van der Waals surface area (Å²) >= 11 is 0. The summed E-state index contributed by atoms with van der Waals surface area (Å²) in [4.78, 5) is 14.5. The molecule has 26 heavy (non-hydrogen) atoms. The van der Waals surface area contributed by atoms with E-state index in [0.717, 1.165) is 6.54 Å². The van der Waals surface area contributed by atoms with Crippen LogP contribution in [0.25, 0.3) is 0 Å². The molecule has 2 rings (SSSR count). The fourth-order valence-electron chi connectivity index (χ4n) is 2.93. The van der Waals surface area contributed by atoms with Crippen molar-refractivity contribution in [2.24, 2.45) is 5.92 Å². The molecule has 7 nitrogen and oxygen atoms in total. The van der Waals surface area contributed by atoms with Crippen LogP contribution in [-0.4, -0.2) is 70.4 Å². The second-order valence-corrected chi connectivity index (χ2v) is 8.62. The van der Waals surface area contributed by atoms with Crippen LogP contribution in [0, 0.1) is 5.92 Å². The Labute approximate surface area is 156 Å². The summed E-state index contributed by atoms with van der Waals surface area (Å²) in [5.41, 5.74) is 0. The van der Waals surface area contributed by atoms with Gasteiger partial charge in [-0.25, -0.2) is 8.42 Å². The molecule has 1 aliphatic heterocycles. The summed E-state index contributed by atoms with van der Waals surface area (Å²) in [5.74, 6) is 0.550. The Hall–Kier alpha value is -1.64. The van der Waals surface area contributed by atoms with Gasteiger partial charge in [0.15, 0.2) is 0 Å². The van der Waals surface area contributed by atoms with Crippen LogP contribution in [0.2, 0.25) is 0 Å². The number of piperidine rings is 1. The van der Waals surface area contributed by atoms with E-state index in [1.165, 1.54) is 4.31 Å². The van der Waals surface area contributed by atoms with E-state index >= 15 is 0 Å². The number of ether oxygens (including phenoxy) is 1. The maximum absolute atomic E-state index is 12.8. The fraction of sp³-hybridized carbons (Fsp3) is 0.611. The molecule has 8 heteroatoms. The number of rotatable bonds is 8. The molecule has 1 N–H and O–H groups in total. The van der Waals surface area contributed by atoms with Crippen molar-refractivity contribution in [3.63, 3.8) is 0 Å². The van der Waals surface area contributed by atoms with Gasteiger partial charge in [-0.15, -0.1) is 0 Å². The Balaban J connectivity index is 1.90. The van der Waals surface area contributed by atoms with Crippen LogP contribution >= 0.6 is 0 Å². The van der Waals surface area contributed by atoms with Crippen molar-refractivity contribution >= 4 is 15.9 Å². The number of carbonyl (C=O) groups is 1. The molecule has 0 radical (unpaired) electrons. The molecule has 0 spiro atoms. The van der Waals surface area contributed by atoms with Gasteiger partial charge in [-0.05, 0) is 58.1 Å². The minimum Gasteiger partial charge on any atom is -0.494 e. The zero-order chi connectivity index (χ0) is 19.2. The molecular formula is C18H29N3O4S. The third-order valence-corrected chi connectivity index (χ3v) is 6.37. The van der Waals surface area contributed by atoms with Gasteiger partial charge in [0.1, 0.15) is 5.75 Å². The number of nitrogens with one attached hydrogen (secondary N) is 1. The smallest absolute Gasteiger partial charge is 0.243 e. The molecule has 0 bridgehead atoms. The Kier molecular flexibility index (Phi) is 7.43. The van der Waals surface area contributed by atoms with Gasteiger partial charge in [0.25, 0.3) is 0 Å². The Morgan fingerprint density at radius 3 is 2.38 bits per heavy atom. The molecule has 1 fully saturated rings. The Bertz CT molecular complexity index is 681. The molecule has 1 saturated heterocycles. The number of amides is 1. The van der Waals surface area contributed by atoms with Crippen molar-refractivity contribution in [1.82, 2.24) is 14.5 Å². The van der Waals surface area contributed by atoms with E-state index in [9.17, 15) is 13.2 Å². The number of carbonyl (C=O) groups excluding carboxylic acids is 1. The average Bonchev–Trinajstić information content (AvgIpc) is 2.62. The summed E-state index contributed by atoms with van der Waals surface area (Å²) in [6.45, 7) is 4.54. The van der Waals surface area contributed by atoms with Gasteiger partial charge >= 0.3 is 0 Å². The molecule has 1 aromatic rings. The third kappa shape index (κ3) is 5.43. The molecule has 1 aliphatic rings. The van der Waals surface area contributed by atoms with Crippen LogP contribution in [0.1, 0.15) is 19.8 Å². The number of sulfonamides is 1. The van der Waals surface area contributed by atoms with Crippen LogP contribution in [0.15, 0.2) is 29.2 Å². The number of hydrogen-bond acceptors (Lipinski definition) is 5. The SMILES string of the molecule is CCOc1ccc(S(=O)(=O)N2CCC(C(=O)NCCN(C)C)CC2)cc1. The largest absolute Gasteiger partial charge is 0.494 e. The first-order valence-corrected chi connectivity index (χ1v) is 10.4. The highest BCUT2D eigenvalue weighted by atomic mass is 32.2. The van der Waals surface area contributed by atoms with Crippen molar-refractivity contribution in [2.45, 2.75) is 24.7 Å². The van der Waals surface area contributed by atoms with Gasteiger partial charge < -0.3 is 15.0 Å². The van der Waals surface area contributed by atoms with Crippen molar-refractivity contribution in [2.75, 3.05) is 46.9 Å². The van der Waals surface area contributed by atoms with E-state index in [1.807, 2.05) is 25.9 Å². The normalized spacial score (nSPS) is 16.6. The highest BCUT2D eigenvalue weighted by molar-refractivity contribution is 7.89. The molecule has 1 aromatic carbocycles. The van der Waals surface area contributed by atoms with Crippen LogP contribution in [-0.2, 0) is 14.8 Å². The van der Waals surface area contributed by atoms with E-state index in [4.69, 9.17) is 4.74 Å². The molecule has 0 aliphatic carbocycles. The van der Waals surface area contributed by atoms with Crippen LogP contribution in [0.4, 0.5) is 0 Å². The lowest BCUT2D eigenvalue weighted by atomic mass is 9.97. The highest BCUT2D eigenvalue weighted by Gasteiger charge is 2.31. The molecule has 0 atom stereocenters. The minimum atomic E-state index is -3.53.